The molecule has 0 spiro atoms. The number of hydrogen-bond acceptors (Lipinski definition) is 4. The Bertz CT molecular complexity index is 856. The zero-order chi connectivity index (χ0) is 15.8. The van der Waals surface area contributed by atoms with Crippen LogP contribution in [0.1, 0.15) is 24.8 Å². The van der Waals surface area contributed by atoms with Gasteiger partial charge in [0.2, 0.25) is 0 Å². The molecule has 0 aromatic carbocycles. The van der Waals surface area contributed by atoms with Crippen LogP contribution in [-0.4, -0.2) is 45.8 Å². The highest BCUT2D eigenvalue weighted by atomic mass is 16.1. The summed E-state index contributed by atoms with van der Waals surface area (Å²) in [5.74, 6) is 0.561. The third-order valence-electron chi connectivity index (χ3n) is 4.82. The fourth-order valence-electron chi connectivity index (χ4n) is 3.72. The lowest BCUT2D eigenvalue weighted by atomic mass is 9.94. The molecule has 0 amide bonds. The van der Waals surface area contributed by atoms with E-state index < -0.39 is 0 Å². The highest BCUT2D eigenvalue weighted by Gasteiger charge is 2.26. The summed E-state index contributed by atoms with van der Waals surface area (Å²) < 4.78 is 0. The van der Waals surface area contributed by atoms with E-state index in [2.05, 4.69) is 25.9 Å². The van der Waals surface area contributed by atoms with Gasteiger partial charge in [0, 0.05) is 60.0 Å². The average Bonchev–Trinajstić information content (AvgIpc) is 3.23. The van der Waals surface area contributed by atoms with Crippen LogP contribution in [0.4, 0.5) is 0 Å². The van der Waals surface area contributed by atoms with Crippen molar-refractivity contribution in [3.05, 3.63) is 36.4 Å². The molecule has 2 unspecified atom stereocenters. The van der Waals surface area contributed by atoms with E-state index in [0.717, 1.165) is 43.4 Å². The molecule has 3 aromatic rings. The zero-order valence-electron chi connectivity index (χ0n) is 13.2. The number of aromatic amines is 1. The number of nitrogens with one attached hydrogen (secondary N) is 1. The van der Waals surface area contributed by atoms with Gasteiger partial charge in [-0.05, 0) is 30.5 Å². The van der Waals surface area contributed by atoms with Gasteiger partial charge in [-0.2, -0.15) is 0 Å². The number of hydrogen-bond donors (Lipinski definition) is 1. The van der Waals surface area contributed by atoms with Crippen LogP contribution in [0.3, 0.4) is 0 Å². The first-order valence-corrected chi connectivity index (χ1v) is 8.13. The van der Waals surface area contributed by atoms with E-state index >= 15 is 0 Å². The molecule has 118 valence electrons. The van der Waals surface area contributed by atoms with Crippen LogP contribution in [0, 0.1) is 5.92 Å². The highest BCUT2D eigenvalue weighted by Crippen LogP contribution is 2.34. The van der Waals surface area contributed by atoms with Crippen LogP contribution < -0.4 is 0 Å². The first-order valence-electron chi connectivity index (χ1n) is 8.13. The van der Waals surface area contributed by atoms with Crippen molar-refractivity contribution in [2.75, 3.05) is 19.6 Å². The number of nitrogens with zero attached hydrogens (tertiary/aromatic N) is 3. The molecule has 0 aliphatic carbocycles. The fourth-order valence-corrected chi connectivity index (χ4v) is 3.72. The zero-order valence-corrected chi connectivity index (χ0v) is 13.2. The summed E-state index contributed by atoms with van der Waals surface area (Å²) in [4.78, 5) is 25.4. The Labute approximate surface area is 134 Å². The van der Waals surface area contributed by atoms with E-state index in [9.17, 15) is 4.79 Å². The monoisotopic (exact) mass is 308 g/mol. The molecule has 1 aliphatic rings. The highest BCUT2D eigenvalue weighted by molar-refractivity contribution is 6.06. The maximum Gasteiger partial charge on any atom is 0.137 e. The number of fused-ring (bicyclic) bond motifs is 3. The van der Waals surface area contributed by atoms with Gasteiger partial charge in [0.25, 0.3) is 0 Å². The number of carbonyl (C=O) groups excluding carboxylic acids is 1. The molecule has 5 nitrogen and oxygen atoms in total. The minimum Gasteiger partial charge on any atom is -0.346 e. The molecule has 1 aliphatic heterocycles. The lowest BCUT2D eigenvalue weighted by molar-refractivity contribution is -0.111. The Hall–Kier alpha value is -2.27. The number of likely N-dealkylation sites (tertiary alicyclic amines) is 1. The van der Waals surface area contributed by atoms with Gasteiger partial charge in [-0.1, -0.05) is 6.92 Å². The number of aldehydes is 1. The van der Waals surface area contributed by atoms with Gasteiger partial charge in [0.05, 0.1) is 0 Å². The predicted octanol–water partition coefficient (Wildman–Crippen LogP) is 2.74. The van der Waals surface area contributed by atoms with Crippen molar-refractivity contribution < 1.29 is 4.79 Å². The Morgan fingerprint density at radius 1 is 1.43 bits per heavy atom. The van der Waals surface area contributed by atoms with Crippen molar-refractivity contribution in [1.29, 1.82) is 0 Å². The second kappa shape index (κ2) is 5.74. The van der Waals surface area contributed by atoms with Gasteiger partial charge in [-0.25, -0.2) is 4.98 Å². The molecule has 0 bridgehead atoms. The summed E-state index contributed by atoms with van der Waals surface area (Å²) >= 11 is 0. The van der Waals surface area contributed by atoms with Crippen LogP contribution in [0.5, 0.6) is 0 Å². The first-order chi connectivity index (χ1) is 11.3. The maximum absolute atomic E-state index is 10.9. The quantitative estimate of drug-likeness (QED) is 0.753. The molecular weight excluding hydrogens is 288 g/mol. The molecule has 0 saturated carbocycles. The van der Waals surface area contributed by atoms with Crippen LogP contribution in [0.2, 0.25) is 0 Å². The summed E-state index contributed by atoms with van der Waals surface area (Å²) in [6.45, 7) is 4.86. The second-order valence-corrected chi connectivity index (χ2v) is 6.55. The van der Waals surface area contributed by atoms with Crippen molar-refractivity contribution in [2.45, 2.75) is 19.3 Å². The van der Waals surface area contributed by atoms with Gasteiger partial charge in [0.1, 0.15) is 11.9 Å². The van der Waals surface area contributed by atoms with Crippen molar-refractivity contribution in [2.24, 2.45) is 5.92 Å². The third-order valence-corrected chi connectivity index (χ3v) is 4.82. The van der Waals surface area contributed by atoms with E-state index in [-0.39, 0.29) is 5.92 Å². The molecule has 5 heteroatoms. The topological polar surface area (TPSA) is 61.9 Å². The van der Waals surface area contributed by atoms with Crippen LogP contribution in [-0.2, 0) is 4.79 Å². The molecular formula is C18H20N4O. The van der Waals surface area contributed by atoms with E-state index in [1.165, 1.54) is 16.3 Å². The molecule has 4 heterocycles. The summed E-state index contributed by atoms with van der Waals surface area (Å²) in [5, 5.41) is 3.52. The molecule has 1 saturated heterocycles. The smallest absolute Gasteiger partial charge is 0.137 e. The molecule has 3 aromatic heterocycles. The minimum atomic E-state index is 0.0972. The molecule has 23 heavy (non-hydrogen) atoms. The van der Waals surface area contributed by atoms with Crippen molar-refractivity contribution >= 4 is 28.1 Å². The Morgan fingerprint density at radius 2 is 2.35 bits per heavy atom. The molecule has 4 rings (SSSR count). The minimum absolute atomic E-state index is 0.0972. The molecule has 0 radical (unpaired) electrons. The summed E-state index contributed by atoms with van der Waals surface area (Å²) in [5.41, 5.74) is 2.23. The lowest BCUT2D eigenvalue weighted by Crippen LogP contribution is -2.26. The van der Waals surface area contributed by atoms with E-state index in [4.69, 9.17) is 0 Å². The normalized spacial score (nSPS) is 20.3. The summed E-state index contributed by atoms with van der Waals surface area (Å²) in [6.07, 6.45) is 9.88. The van der Waals surface area contributed by atoms with Gasteiger partial charge in [-0.3, -0.25) is 4.98 Å². The standard InChI is InChI=1S/C18H20N4O/c1-12(11-23)9-22-5-3-13(10-22)16-8-19-6-14-7-21-18-15(17(14)16)2-4-20-18/h2,4,6-8,11-13H,3,5,9-10H2,1H3,(H,20,21). The molecule has 1 N–H and O–H groups in total. The van der Waals surface area contributed by atoms with Crippen LogP contribution in [0.15, 0.2) is 30.9 Å². The van der Waals surface area contributed by atoms with E-state index in [1.807, 2.05) is 31.7 Å². The van der Waals surface area contributed by atoms with Gasteiger partial charge >= 0.3 is 0 Å². The third kappa shape index (κ3) is 2.51. The van der Waals surface area contributed by atoms with Gasteiger partial charge < -0.3 is 14.7 Å². The number of rotatable bonds is 4. The van der Waals surface area contributed by atoms with Crippen LogP contribution in [0.25, 0.3) is 21.8 Å². The van der Waals surface area contributed by atoms with Gasteiger partial charge in [0.15, 0.2) is 0 Å². The van der Waals surface area contributed by atoms with E-state index in [0.29, 0.717) is 5.92 Å². The summed E-state index contributed by atoms with van der Waals surface area (Å²) in [6, 6.07) is 2.09. The molecule has 2 atom stereocenters. The van der Waals surface area contributed by atoms with Crippen LogP contribution >= 0.6 is 0 Å². The fraction of sp³-hybridized carbons (Fsp3) is 0.389. The Kier molecular flexibility index (Phi) is 3.58. The predicted molar refractivity (Wildman–Crippen MR) is 90.4 cm³/mol. The molecule has 1 fully saturated rings. The lowest BCUT2D eigenvalue weighted by Gasteiger charge is -2.18. The SMILES string of the molecule is CC(C=O)CN1CCC(c2cncc3cnc4[nH]ccc4c23)C1. The maximum atomic E-state index is 10.9. The Balaban J connectivity index is 1.72. The number of carbonyl (C=O) groups is 1. The van der Waals surface area contributed by atoms with Gasteiger partial charge in [-0.15, -0.1) is 0 Å². The number of aromatic nitrogens is 3. The Morgan fingerprint density at radius 3 is 3.22 bits per heavy atom. The number of pyridine rings is 2. The van der Waals surface area contributed by atoms with E-state index in [1.54, 1.807) is 0 Å². The van der Waals surface area contributed by atoms with Crippen molar-refractivity contribution in [1.82, 2.24) is 19.9 Å². The largest absolute Gasteiger partial charge is 0.346 e. The summed E-state index contributed by atoms with van der Waals surface area (Å²) in [7, 11) is 0. The van der Waals surface area contributed by atoms with Crippen molar-refractivity contribution in [3.63, 3.8) is 0 Å². The first kappa shape index (κ1) is 14.3. The van der Waals surface area contributed by atoms with Crippen molar-refractivity contribution in [3.8, 4) is 0 Å². The second-order valence-electron chi connectivity index (χ2n) is 6.55. The number of H-pyrrole nitrogens is 1. The average molecular weight is 308 g/mol.